The number of aryl methyl sites for hydroxylation is 1. The molecular weight excluding hydrogens is 308 g/mol. The van der Waals surface area contributed by atoms with Gasteiger partial charge in [0.05, 0.1) is 6.10 Å². The van der Waals surface area contributed by atoms with Crippen molar-refractivity contribution in [1.29, 1.82) is 0 Å². The van der Waals surface area contributed by atoms with Crippen LogP contribution in [0.25, 0.3) is 0 Å². The Hall–Kier alpha value is -2.58. The summed E-state index contributed by atoms with van der Waals surface area (Å²) in [6, 6.07) is 28.2. The second-order valence-corrected chi connectivity index (χ2v) is 6.36. The van der Waals surface area contributed by atoms with E-state index in [4.69, 9.17) is 4.74 Å². The third-order valence-electron chi connectivity index (χ3n) is 4.46. The standard InChI is InChI=1S/C23H24O2/c1-18(24)23(17-12-19-8-4-2-5-9-19)20-13-15-22(16-14-20)25-21-10-6-3-7-11-21/h2-11,13-16,18,23-24H,12,17H2,1H3/t18-,23-/m0/s1. The zero-order chi connectivity index (χ0) is 17.5. The van der Waals surface area contributed by atoms with Gasteiger partial charge in [0.1, 0.15) is 11.5 Å². The predicted molar refractivity (Wildman–Crippen MR) is 102 cm³/mol. The van der Waals surface area contributed by atoms with E-state index in [0.29, 0.717) is 0 Å². The second-order valence-electron chi connectivity index (χ2n) is 6.36. The highest BCUT2D eigenvalue weighted by Gasteiger charge is 2.17. The van der Waals surface area contributed by atoms with Crippen LogP contribution in [-0.4, -0.2) is 11.2 Å². The average molecular weight is 332 g/mol. The molecule has 1 N–H and O–H groups in total. The van der Waals surface area contributed by atoms with Crippen LogP contribution < -0.4 is 4.74 Å². The van der Waals surface area contributed by atoms with Gasteiger partial charge in [0.15, 0.2) is 0 Å². The van der Waals surface area contributed by atoms with Crippen LogP contribution in [0, 0.1) is 0 Å². The van der Waals surface area contributed by atoms with E-state index in [1.165, 1.54) is 5.56 Å². The van der Waals surface area contributed by atoms with Crippen molar-refractivity contribution in [3.05, 3.63) is 96.1 Å². The summed E-state index contributed by atoms with van der Waals surface area (Å²) in [5.41, 5.74) is 2.45. The lowest BCUT2D eigenvalue weighted by Crippen LogP contribution is -2.15. The Labute approximate surface area is 149 Å². The van der Waals surface area contributed by atoms with Gasteiger partial charge in [-0.05, 0) is 55.2 Å². The van der Waals surface area contributed by atoms with Crippen LogP contribution in [0.15, 0.2) is 84.9 Å². The van der Waals surface area contributed by atoms with E-state index in [1.807, 2.05) is 55.5 Å². The van der Waals surface area contributed by atoms with E-state index >= 15 is 0 Å². The Bertz CT molecular complexity index is 749. The molecule has 0 unspecified atom stereocenters. The van der Waals surface area contributed by atoms with Crippen molar-refractivity contribution in [3.8, 4) is 11.5 Å². The summed E-state index contributed by atoms with van der Waals surface area (Å²) in [7, 11) is 0. The normalized spacial score (nSPS) is 13.2. The molecule has 3 rings (SSSR count). The van der Waals surface area contributed by atoms with Crippen molar-refractivity contribution in [3.63, 3.8) is 0 Å². The van der Waals surface area contributed by atoms with Crippen LogP contribution >= 0.6 is 0 Å². The van der Waals surface area contributed by atoms with Crippen LogP contribution in [0.5, 0.6) is 11.5 Å². The van der Waals surface area contributed by atoms with E-state index < -0.39 is 0 Å². The van der Waals surface area contributed by atoms with E-state index in [-0.39, 0.29) is 12.0 Å². The van der Waals surface area contributed by atoms with Gasteiger partial charge in [0.2, 0.25) is 0 Å². The highest BCUT2D eigenvalue weighted by atomic mass is 16.5. The third-order valence-corrected chi connectivity index (χ3v) is 4.46. The molecule has 128 valence electrons. The quantitative estimate of drug-likeness (QED) is 0.612. The van der Waals surface area contributed by atoms with Crippen molar-refractivity contribution < 1.29 is 9.84 Å². The molecule has 0 heterocycles. The number of hydrogen-bond donors (Lipinski definition) is 1. The Morgan fingerprint density at radius 2 is 1.32 bits per heavy atom. The van der Waals surface area contributed by atoms with Crippen LogP contribution in [0.3, 0.4) is 0 Å². The first-order chi connectivity index (χ1) is 12.2. The number of aliphatic hydroxyl groups excluding tert-OH is 1. The summed E-state index contributed by atoms with van der Waals surface area (Å²) >= 11 is 0. The van der Waals surface area contributed by atoms with Crippen LogP contribution in [0.1, 0.15) is 30.4 Å². The summed E-state index contributed by atoms with van der Waals surface area (Å²) in [5.74, 6) is 1.75. The first kappa shape index (κ1) is 17.2. The maximum absolute atomic E-state index is 10.2. The summed E-state index contributed by atoms with van der Waals surface area (Å²) in [6.07, 6.45) is 1.49. The average Bonchev–Trinajstić information content (AvgIpc) is 2.65. The number of ether oxygens (including phenoxy) is 1. The van der Waals surface area contributed by atoms with E-state index in [1.54, 1.807) is 0 Å². The van der Waals surface area contributed by atoms with Gasteiger partial charge >= 0.3 is 0 Å². The Balaban J connectivity index is 1.67. The van der Waals surface area contributed by atoms with E-state index in [9.17, 15) is 5.11 Å². The Kier molecular flexibility index (Phi) is 5.86. The van der Waals surface area contributed by atoms with Crippen molar-refractivity contribution in [2.75, 3.05) is 0 Å². The Morgan fingerprint density at radius 1 is 0.760 bits per heavy atom. The lowest BCUT2D eigenvalue weighted by Gasteiger charge is -2.21. The molecule has 2 atom stereocenters. The number of rotatable bonds is 7. The smallest absolute Gasteiger partial charge is 0.127 e. The molecule has 0 aromatic heterocycles. The lowest BCUT2D eigenvalue weighted by molar-refractivity contribution is 0.157. The maximum Gasteiger partial charge on any atom is 0.127 e. The molecule has 2 nitrogen and oxygen atoms in total. The first-order valence-corrected chi connectivity index (χ1v) is 8.77. The van der Waals surface area contributed by atoms with Crippen LogP contribution in [0.4, 0.5) is 0 Å². The Morgan fingerprint density at radius 3 is 1.92 bits per heavy atom. The highest BCUT2D eigenvalue weighted by Crippen LogP contribution is 2.28. The molecule has 0 bridgehead atoms. The monoisotopic (exact) mass is 332 g/mol. The summed E-state index contributed by atoms with van der Waals surface area (Å²) in [6.45, 7) is 1.87. The zero-order valence-electron chi connectivity index (χ0n) is 14.5. The number of para-hydroxylation sites is 1. The summed E-state index contributed by atoms with van der Waals surface area (Å²) in [4.78, 5) is 0. The SMILES string of the molecule is C[C@H](O)[C@H](CCc1ccccc1)c1ccc(Oc2ccccc2)cc1. The van der Waals surface area contributed by atoms with Crippen LogP contribution in [0.2, 0.25) is 0 Å². The fourth-order valence-electron chi connectivity index (χ4n) is 3.06. The topological polar surface area (TPSA) is 29.5 Å². The minimum atomic E-state index is -0.385. The fourth-order valence-corrected chi connectivity index (χ4v) is 3.06. The second kappa shape index (κ2) is 8.50. The van der Waals surface area contributed by atoms with Gasteiger partial charge in [0, 0.05) is 5.92 Å². The number of hydrogen-bond acceptors (Lipinski definition) is 2. The van der Waals surface area contributed by atoms with Crippen molar-refractivity contribution in [1.82, 2.24) is 0 Å². The van der Waals surface area contributed by atoms with Gasteiger partial charge in [-0.1, -0.05) is 60.7 Å². The number of benzene rings is 3. The molecule has 0 aliphatic carbocycles. The zero-order valence-corrected chi connectivity index (χ0v) is 14.5. The van der Waals surface area contributed by atoms with Crippen molar-refractivity contribution in [2.45, 2.75) is 31.8 Å². The van der Waals surface area contributed by atoms with Gasteiger partial charge < -0.3 is 9.84 Å². The summed E-state index contributed by atoms with van der Waals surface area (Å²) < 4.78 is 5.84. The first-order valence-electron chi connectivity index (χ1n) is 8.77. The molecule has 25 heavy (non-hydrogen) atoms. The molecule has 0 aliphatic rings. The molecule has 0 saturated heterocycles. The molecule has 0 spiro atoms. The minimum Gasteiger partial charge on any atom is -0.457 e. The highest BCUT2D eigenvalue weighted by molar-refractivity contribution is 5.34. The largest absolute Gasteiger partial charge is 0.457 e. The molecule has 3 aromatic rings. The van der Waals surface area contributed by atoms with Crippen molar-refractivity contribution in [2.24, 2.45) is 0 Å². The lowest BCUT2D eigenvalue weighted by atomic mass is 9.88. The maximum atomic E-state index is 10.2. The van der Waals surface area contributed by atoms with Crippen molar-refractivity contribution >= 4 is 0 Å². The van der Waals surface area contributed by atoms with Gasteiger partial charge in [-0.25, -0.2) is 0 Å². The van der Waals surface area contributed by atoms with E-state index in [2.05, 4.69) is 36.4 Å². The molecule has 3 aromatic carbocycles. The number of aliphatic hydroxyl groups is 1. The predicted octanol–water partition coefficient (Wildman–Crippen LogP) is 5.58. The molecule has 0 amide bonds. The van der Waals surface area contributed by atoms with Gasteiger partial charge in [-0.2, -0.15) is 0 Å². The molecule has 2 heteroatoms. The molecular formula is C23H24O2. The molecule has 0 saturated carbocycles. The van der Waals surface area contributed by atoms with Gasteiger partial charge in [-0.3, -0.25) is 0 Å². The molecule has 0 aliphatic heterocycles. The molecule has 0 fully saturated rings. The van der Waals surface area contributed by atoms with Gasteiger partial charge in [0.25, 0.3) is 0 Å². The van der Waals surface area contributed by atoms with Crippen LogP contribution in [-0.2, 0) is 6.42 Å². The third kappa shape index (κ3) is 4.94. The van der Waals surface area contributed by atoms with Gasteiger partial charge in [-0.15, -0.1) is 0 Å². The molecule has 0 radical (unpaired) electrons. The minimum absolute atomic E-state index is 0.117. The summed E-state index contributed by atoms with van der Waals surface area (Å²) in [5, 5.41) is 10.2. The van der Waals surface area contributed by atoms with E-state index in [0.717, 1.165) is 29.9 Å². The fraction of sp³-hybridized carbons (Fsp3) is 0.217.